The molecule has 6 atom stereocenters. The Morgan fingerprint density at radius 3 is 2.49 bits per heavy atom. The van der Waals surface area contributed by atoms with Gasteiger partial charge in [-0.05, 0) is 24.1 Å². The van der Waals surface area contributed by atoms with Gasteiger partial charge in [0.05, 0.1) is 24.4 Å². The molecule has 6 rings (SSSR count). The average Bonchev–Trinajstić information content (AvgIpc) is 3.27. The van der Waals surface area contributed by atoms with Gasteiger partial charge in [0.25, 0.3) is 11.8 Å². The number of halogens is 3. The van der Waals surface area contributed by atoms with E-state index in [4.69, 9.17) is 23.2 Å². The number of ether oxygens (including phenoxy) is 1. The zero-order chi connectivity index (χ0) is 28.0. The highest BCUT2D eigenvalue weighted by molar-refractivity contribution is 9.09. The van der Waals surface area contributed by atoms with E-state index in [9.17, 15) is 29.1 Å². The summed E-state index contributed by atoms with van der Waals surface area (Å²) in [5.41, 5.74) is 0.619. The molecule has 3 fully saturated rings. The first-order valence-electron chi connectivity index (χ1n) is 12.2. The number of carbonyl (C=O) groups is 5. The number of benzene rings is 2. The lowest BCUT2D eigenvalue weighted by molar-refractivity contribution is -0.140. The van der Waals surface area contributed by atoms with Crippen LogP contribution >= 0.6 is 39.1 Å². The number of imide groups is 4. The quantitative estimate of drug-likeness (QED) is 0.229. The van der Waals surface area contributed by atoms with Crippen molar-refractivity contribution in [2.24, 2.45) is 17.8 Å². The zero-order valence-electron chi connectivity index (χ0n) is 20.4. The molecule has 2 saturated heterocycles. The lowest BCUT2D eigenvalue weighted by Crippen LogP contribution is -2.60. The molecule has 1 N–H and O–H groups in total. The number of rotatable bonds is 2. The number of carbonyl (C=O) groups excluding carboxylic acids is 5. The summed E-state index contributed by atoms with van der Waals surface area (Å²) < 4.78 is 4.67. The highest BCUT2D eigenvalue weighted by atomic mass is 79.9. The van der Waals surface area contributed by atoms with Crippen molar-refractivity contribution in [1.82, 2.24) is 9.80 Å². The molecule has 2 aromatic rings. The number of methoxy groups -OCH3 is 1. The topological polar surface area (TPSA) is 121 Å². The predicted octanol–water partition coefficient (Wildman–Crippen LogP) is 4.02. The van der Waals surface area contributed by atoms with Crippen LogP contribution in [0.15, 0.2) is 48.0 Å². The number of amides is 5. The Balaban J connectivity index is 1.59. The minimum Gasteiger partial charge on any atom is -0.507 e. The van der Waals surface area contributed by atoms with E-state index < -0.39 is 63.1 Å². The van der Waals surface area contributed by atoms with Gasteiger partial charge < -0.3 is 9.84 Å². The maximum atomic E-state index is 13.8. The lowest BCUT2D eigenvalue weighted by Gasteiger charge is -2.50. The van der Waals surface area contributed by atoms with Gasteiger partial charge in [-0.3, -0.25) is 24.1 Å². The monoisotopic (exact) mass is 634 g/mol. The summed E-state index contributed by atoms with van der Waals surface area (Å²) in [5, 5.41) is 12.7. The summed E-state index contributed by atoms with van der Waals surface area (Å²) in [5.74, 6) is -6.90. The summed E-state index contributed by atoms with van der Waals surface area (Å²) in [6.45, 7) is 0. The van der Waals surface area contributed by atoms with Gasteiger partial charge >= 0.3 is 6.09 Å². The van der Waals surface area contributed by atoms with Crippen molar-refractivity contribution >= 4 is 79.6 Å². The lowest BCUT2D eigenvalue weighted by atomic mass is 9.56. The molecule has 4 aliphatic rings. The number of alkyl halides is 3. The second-order valence-corrected chi connectivity index (χ2v) is 11.9. The molecule has 0 radical (unpaired) electrons. The molecular weight excluding hydrogens is 615 g/mol. The SMILES string of the molecule is COC(=O)N1C(=O)C2CC=C3C(CC4(Cl)C(=O)N(CBr)C(=O)C4(Cl)C3c3ccc4ccccc4c3O)C2C1=O. The van der Waals surface area contributed by atoms with Crippen molar-refractivity contribution in [2.75, 3.05) is 12.6 Å². The van der Waals surface area contributed by atoms with Crippen molar-refractivity contribution in [1.29, 1.82) is 0 Å². The molecule has 2 aliphatic carbocycles. The Bertz CT molecular complexity index is 1550. The Morgan fingerprint density at radius 2 is 1.79 bits per heavy atom. The summed E-state index contributed by atoms with van der Waals surface area (Å²) >= 11 is 17.5. The largest absolute Gasteiger partial charge is 0.507 e. The zero-order valence-corrected chi connectivity index (χ0v) is 23.5. The number of fused-ring (bicyclic) bond motifs is 5. The third kappa shape index (κ3) is 3.16. The molecule has 39 heavy (non-hydrogen) atoms. The van der Waals surface area contributed by atoms with E-state index in [-0.39, 0.29) is 29.6 Å². The highest BCUT2D eigenvalue weighted by Gasteiger charge is 2.76. The van der Waals surface area contributed by atoms with Gasteiger partial charge in [0, 0.05) is 16.9 Å². The third-order valence-corrected chi connectivity index (χ3v) is 10.5. The number of nitrogens with zero attached hydrogens (tertiary/aromatic N) is 2. The van der Waals surface area contributed by atoms with Crippen molar-refractivity contribution < 1.29 is 33.8 Å². The summed E-state index contributed by atoms with van der Waals surface area (Å²) in [7, 11) is 1.07. The van der Waals surface area contributed by atoms with E-state index in [1.165, 1.54) is 0 Å². The smallest absolute Gasteiger partial charge is 0.423 e. The van der Waals surface area contributed by atoms with Crippen LogP contribution in [0.25, 0.3) is 10.8 Å². The molecule has 0 spiro atoms. The molecule has 9 nitrogen and oxygen atoms in total. The summed E-state index contributed by atoms with van der Waals surface area (Å²) in [6.07, 6.45) is 0.501. The number of hydrogen-bond acceptors (Lipinski definition) is 7. The minimum atomic E-state index is -2.04. The summed E-state index contributed by atoms with van der Waals surface area (Å²) in [6, 6.07) is 10.5. The fourth-order valence-electron chi connectivity index (χ4n) is 6.87. The van der Waals surface area contributed by atoms with Gasteiger partial charge in [0.1, 0.15) is 5.75 Å². The Labute approximate surface area is 240 Å². The number of phenols is 1. The molecular formula is C27H21BrCl2N2O7. The minimum absolute atomic E-state index is 0.0892. The van der Waals surface area contributed by atoms with Gasteiger partial charge in [-0.15, -0.1) is 23.2 Å². The maximum Gasteiger partial charge on any atom is 0.423 e. The van der Waals surface area contributed by atoms with Crippen molar-refractivity contribution in [3.05, 3.63) is 53.6 Å². The fourth-order valence-corrected chi connectivity index (χ4v) is 8.29. The first-order chi connectivity index (χ1) is 18.5. The number of hydrogen-bond donors (Lipinski definition) is 1. The van der Waals surface area contributed by atoms with Crippen LogP contribution < -0.4 is 0 Å². The maximum absolute atomic E-state index is 13.8. The van der Waals surface area contributed by atoms with Crippen molar-refractivity contribution in [3.63, 3.8) is 0 Å². The van der Waals surface area contributed by atoms with Gasteiger partial charge in [0.2, 0.25) is 11.8 Å². The molecule has 6 unspecified atom stereocenters. The van der Waals surface area contributed by atoms with E-state index >= 15 is 0 Å². The standard InChI is InChI=1S/C27H21BrCl2N2O7/c1-39-25(38)32-21(34)15-9-8-14-17(18(15)22(32)35)10-26(29)23(36)31(11-28)24(37)27(26,30)19(14)16-7-6-12-4-2-3-5-13(12)20(16)33/h2-8,15,17-19,33H,9-11H2,1H3. The van der Waals surface area contributed by atoms with E-state index in [0.29, 0.717) is 15.9 Å². The normalized spacial score (nSPS) is 33.7. The van der Waals surface area contributed by atoms with E-state index in [1.807, 2.05) is 12.1 Å². The Kier molecular flexibility index (Phi) is 5.91. The molecule has 202 valence electrons. The van der Waals surface area contributed by atoms with Crippen LogP contribution in [0.5, 0.6) is 5.75 Å². The van der Waals surface area contributed by atoms with Crippen LogP contribution in [0.2, 0.25) is 0 Å². The molecule has 5 amide bonds. The van der Waals surface area contributed by atoms with Crippen molar-refractivity contribution in [3.8, 4) is 5.75 Å². The molecule has 0 bridgehead atoms. The molecule has 2 aliphatic heterocycles. The molecule has 12 heteroatoms. The Morgan fingerprint density at radius 1 is 1.08 bits per heavy atom. The molecule has 1 saturated carbocycles. The fraction of sp³-hybridized carbons (Fsp3) is 0.370. The van der Waals surface area contributed by atoms with Crippen molar-refractivity contribution in [2.45, 2.75) is 28.5 Å². The first-order valence-corrected chi connectivity index (χ1v) is 14.1. The van der Waals surface area contributed by atoms with E-state index in [2.05, 4.69) is 20.7 Å². The van der Waals surface area contributed by atoms with Crippen LogP contribution in [0.4, 0.5) is 4.79 Å². The van der Waals surface area contributed by atoms with Crippen LogP contribution in [0.3, 0.4) is 0 Å². The second kappa shape index (κ2) is 8.78. The molecule has 2 aromatic carbocycles. The molecule has 0 aromatic heterocycles. The predicted molar refractivity (Wildman–Crippen MR) is 143 cm³/mol. The van der Waals surface area contributed by atoms with E-state index in [1.54, 1.807) is 30.3 Å². The third-order valence-electron chi connectivity index (χ3n) is 8.61. The van der Waals surface area contributed by atoms with Crippen LogP contribution in [0, 0.1) is 17.8 Å². The average molecular weight is 636 g/mol. The van der Waals surface area contributed by atoms with Gasteiger partial charge in [-0.25, -0.2) is 4.79 Å². The molecule has 2 heterocycles. The number of likely N-dealkylation sites (tertiary alicyclic amines) is 2. The number of allylic oxidation sites excluding steroid dienone is 2. The van der Waals surface area contributed by atoms with Crippen LogP contribution in [-0.4, -0.2) is 66.9 Å². The second-order valence-electron chi connectivity index (χ2n) is 10.2. The van der Waals surface area contributed by atoms with E-state index in [0.717, 1.165) is 17.4 Å². The number of phenolic OH excluding ortho intramolecular Hbond substituents is 1. The van der Waals surface area contributed by atoms with Crippen LogP contribution in [-0.2, 0) is 23.9 Å². The van der Waals surface area contributed by atoms with Gasteiger partial charge in [0.15, 0.2) is 9.75 Å². The number of aromatic hydroxyl groups is 1. The van der Waals surface area contributed by atoms with Crippen LogP contribution in [0.1, 0.15) is 24.3 Å². The highest BCUT2D eigenvalue weighted by Crippen LogP contribution is 2.66. The van der Waals surface area contributed by atoms with Gasteiger partial charge in [-0.1, -0.05) is 64.0 Å². The Hall–Kier alpha value is -2.95. The first kappa shape index (κ1) is 26.3. The van der Waals surface area contributed by atoms with Gasteiger partial charge in [-0.2, -0.15) is 4.90 Å². The summed E-state index contributed by atoms with van der Waals surface area (Å²) in [4.78, 5) is 63.8.